The molecular formula is C12H14F2N2O5S. The lowest BCUT2D eigenvalue weighted by molar-refractivity contribution is -0.142. The fourth-order valence-corrected chi connectivity index (χ4v) is 4.61. The van der Waals surface area contributed by atoms with Crippen molar-refractivity contribution >= 4 is 16.2 Å². The highest BCUT2D eigenvalue weighted by molar-refractivity contribution is 7.86. The molecule has 7 nitrogen and oxygen atoms in total. The van der Waals surface area contributed by atoms with E-state index in [0.29, 0.717) is 10.1 Å². The number of hydrogen-bond acceptors (Lipinski definition) is 4. The van der Waals surface area contributed by atoms with Crippen LogP contribution in [0.2, 0.25) is 0 Å². The summed E-state index contributed by atoms with van der Waals surface area (Å²) in [7, 11) is -4.28. The van der Waals surface area contributed by atoms with Gasteiger partial charge in [-0.15, -0.1) is 0 Å². The predicted octanol–water partition coefficient (Wildman–Crippen LogP) is 0.849. The van der Waals surface area contributed by atoms with E-state index in [1.807, 2.05) is 0 Å². The van der Waals surface area contributed by atoms with Crippen LogP contribution in [0.4, 0.5) is 8.78 Å². The zero-order valence-electron chi connectivity index (χ0n) is 11.4. The molecule has 0 bridgehead atoms. The summed E-state index contributed by atoms with van der Waals surface area (Å²) >= 11 is 0. The number of alkyl halides is 2. The normalized spacial score (nSPS) is 26.0. The van der Waals surface area contributed by atoms with Gasteiger partial charge < -0.3 is 9.52 Å². The first-order chi connectivity index (χ1) is 10.2. The number of aliphatic carboxylic acids is 1. The number of carboxylic acids is 1. The summed E-state index contributed by atoms with van der Waals surface area (Å²) in [4.78, 5) is 11.5. The third-order valence-electron chi connectivity index (χ3n) is 3.91. The first-order valence-electron chi connectivity index (χ1n) is 6.66. The smallest absolute Gasteiger partial charge is 0.326 e. The number of carbonyl (C=O) groups is 1. The maximum Gasteiger partial charge on any atom is 0.326 e. The summed E-state index contributed by atoms with van der Waals surface area (Å²) in [6.07, 6.45) is 0.936. The molecule has 0 saturated carbocycles. The van der Waals surface area contributed by atoms with Gasteiger partial charge >= 0.3 is 5.97 Å². The van der Waals surface area contributed by atoms with Crippen LogP contribution in [-0.4, -0.2) is 53.7 Å². The fourth-order valence-electron chi connectivity index (χ4n) is 2.85. The Morgan fingerprint density at radius 1 is 1.41 bits per heavy atom. The van der Waals surface area contributed by atoms with Gasteiger partial charge in [0.25, 0.3) is 16.1 Å². The van der Waals surface area contributed by atoms with E-state index in [1.54, 1.807) is 0 Å². The van der Waals surface area contributed by atoms with E-state index < -0.39 is 41.1 Å². The zero-order valence-corrected chi connectivity index (χ0v) is 12.2. The van der Waals surface area contributed by atoms with Crippen LogP contribution in [0, 0.1) is 0 Å². The lowest BCUT2D eigenvalue weighted by Crippen LogP contribution is -2.49. The second-order valence-corrected chi connectivity index (χ2v) is 7.23. The molecule has 0 radical (unpaired) electrons. The van der Waals surface area contributed by atoms with Crippen molar-refractivity contribution in [2.75, 3.05) is 19.6 Å². The molecule has 0 aliphatic carbocycles. The third kappa shape index (κ3) is 2.40. The van der Waals surface area contributed by atoms with Gasteiger partial charge in [0, 0.05) is 31.5 Å². The topological polar surface area (TPSA) is 91.1 Å². The number of fused-ring (bicyclic) bond motifs is 1. The monoisotopic (exact) mass is 336 g/mol. The lowest BCUT2D eigenvalue weighted by atomic mass is 10.0. The molecule has 1 unspecified atom stereocenters. The van der Waals surface area contributed by atoms with E-state index in [4.69, 9.17) is 4.42 Å². The maximum atomic E-state index is 13.3. The molecule has 0 aromatic carbocycles. The molecule has 3 rings (SSSR count). The van der Waals surface area contributed by atoms with Gasteiger partial charge in [0.1, 0.15) is 5.76 Å². The molecule has 122 valence electrons. The average Bonchev–Trinajstić information content (AvgIpc) is 3.03. The molecule has 3 heterocycles. The number of nitrogens with zero attached hydrogens (tertiary/aromatic N) is 2. The van der Waals surface area contributed by atoms with Crippen LogP contribution in [-0.2, 0) is 21.4 Å². The predicted molar refractivity (Wildman–Crippen MR) is 69.6 cm³/mol. The second kappa shape index (κ2) is 5.00. The van der Waals surface area contributed by atoms with Gasteiger partial charge in [0.05, 0.1) is 12.8 Å². The standard InChI is InChI=1S/C12H14F2N2O5S/c13-12(14)3-5-15(7-12)22(19,20)16-4-1-9-8(2-6-21-9)10(16)11(17)18/h2,6,10H,1,3-5,7H2,(H,17,18). The Hall–Kier alpha value is -1.52. The summed E-state index contributed by atoms with van der Waals surface area (Å²) in [5, 5.41) is 9.37. The highest BCUT2D eigenvalue weighted by Gasteiger charge is 2.49. The Morgan fingerprint density at radius 2 is 2.14 bits per heavy atom. The molecule has 2 aliphatic rings. The molecule has 1 N–H and O–H groups in total. The second-order valence-electron chi connectivity index (χ2n) is 5.35. The average molecular weight is 336 g/mol. The van der Waals surface area contributed by atoms with Crippen molar-refractivity contribution in [2.45, 2.75) is 24.8 Å². The Morgan fingerprint density at radius 3 is 2.73 bits per heavy atom. The summed E-state index contributed by atoms with van der Waals surface area (Å²) < 4.78 is 58.2. The number of rotatable bonds is 3. The Balaban J connectivity index is 1.95. The van der Waals surface area contributed by atoms with Crippen LogP contribution in [0.15, 0.2) is 16.7 Å². The van der Waals surface area contributed by atoms with Gasteiger partial charge in [-0.25, -0.2) is 8.78 Å². The van der Waals surface area contributed by atoms with E-state index >= 15 is 0 Å². The minimum absolute atomic E-state index is 0.123. The first kappa shape index (κ1) is 15.4. The van der Waals surface area contributed by atoms with E-state index in [9.17, 15) is 27.1 Å². The lowest BCUT2D eigenvalue weighted by Gasteiger charge is -2.34. The Labute approximate surface area is 125 Å². The minimum atomic E-state index is -4.28. The molecule has 0 amide bonds. The maximum absolute atomic E-state index is 13.3. The minimum Gasteiger partial charge on any atom is -0.480 e. The van der Waals surface area contributed by atoms with Gasteiger partial charge in [-0.1, -0.05) is 0 Å². The number of carboxylic acid groups (broad SMARTS) is 1. The van der Waals surface area contributed by atoms with Crippen molar-refractivity contribution < 1.29 is 31.5 Å². The molecule has 22 heavy (non-hydrogen) atoms. The number of furan rings is 1. The highest BCUT2D eigenvalue weighted by atomic mass is 32.2. The van der Waals surface area contributed by atoms with E-state index in [2.05, 4.69) is 0 Å². The molecule has 1 fully saturated rings. The number of halogens is 2. The quantitative estimate of drug-likeness (QED) is 0.884. The summed E-state index contributed by atoms with van der Waals surface area (Å²) in [5.74, 6) is -4.04. The molecule has 1 aromatic heterocycles. The van der Waals surface area contributed by atoms with E-state index in [1.165, 1.54) is 12.3 Å². The van der Waals surface area contributed by atoms with Crippen molar-refractivity contribution in [1.29, 1.82) is 0 Å². The molecule has 1 atom stereocenters. The van der Waals surface area contributed by atoms with Gasteiger partial charge in [-0.2, -0.15) is 17.0 Å². The summed E-state index contributed by atoms with van der Waals surface area (Å²) in [5.41, 5.74) is 0.244. The molecule has 0 spiro atoms. The molecule has 1 aromatic rings. The first-order valence-corrected chi connectivity index (χ1v) is 8.06. The van der Waals surface area contributed by atoms with E-state index in [0.717, 1.165) is 4.31 Å². The van der Waals surface area contributed by atoms with Crippen LogP contribution in [0.3, 0.4) is 0 Å². The van der Waals surface area contributed by atoms with Crippen LogP contribution >= 0.6 is 0 Å². The largest absolute Gasteiger partial charge is 0.480 e. The van der Waals surface area contributed by atoms with Crippen LogP contribution in [0.5, 0.6) is 0 Å². The fraction of sp³-hybridized carbons (Fsp3) is 0.583. The highest BCUT2D eigenvalue weighted by Crippen LogP contribution is 2.36. The molecular weight excluding hydrogens is 322 g/mol. The Kier molecular flexibility index (Phi) is 3.49. The molecule has 10 heteroatoms. The molecule has 2 aliphatic heterocycles. The van der Waals surface area contributed by atoms with Crippen LogP contribution in [0.1, 0.15) is 23.8 Å². The third-order valence-corrected chi connectivity index (χ3v) is 5.86. The van der Waals surface area contributed by atoms with Crippen LogP contribution in [0.25, 0.3) is 0 Å². The Bertz CT molecular complexity index is 702. The van der Waals surface area contributed by atoms with E-state index in [-0.39, 0.29) is 25.1 Å². The number of hydrogen-bond donors (Lipinski definition) is 1. The van der Waals surface area contributed by atoms with Gasteiger partial charge in [0.2, 0.25) is 0 Å². The molecule has 1 saturated heterocycles. The van der Waals surface area contributed by atoms with Gasteiger partial charge in [-0.3, -0.25) is 4.79 Å². The van der Waals surface area contributed by atoms with Crippen molar-refractivity contribution in [3.8, 4) is 0 Å². The van der Waals surface area contributed by atoms with Gasteiger partial charge in [0.15, 0.2) is 6.04 Å². The van der Waals surface area contributed by atoms with Crippen molar-refractivity contribution in [3.05, 3.63) is 23.7 Å². The summed E-state index contributed by atoms with van der Waals surface area (Å²) in [6.45, 7) is -1.37. The zero-order chi connectivity index (χ0) is 16.1. The van der Waals surface area contributed by atoms with Crippen LogP contribution < -0.4 is 0 Å². The summed E-state index contributed by atoms with van der Waals surface area (Å²) in [6, 6.07) is -0.0595. The van der Waals surface area contributed by atoms with Crippen molar-refractivity contribution in [1.82, 2.24) is 8.61 Å². The van der Waals surface area contributed by atoms with Gasteiger partial charge in [-0.05, 0) is 6.07 Å². The van der Waals surface area contributed by atoms with Crippen molar-refractivity contribution in [3.63, 3.8) is 0 Å². The van der Waals surface area contributed by atoms with Crippen molar-refractivity contribution in [2.24, 2.45) is 0 Å². The SMILES string of the molecule is O=C(O)C1c2ccoc2CCN1S(=O)(=O)N1CCC(F)(F)C1.